The van der Waals surface area contributed by atoms with Crippen molar-refractivity contribution < 1.29 is 14.3 Å². The van der Waals surface area contributed by atoms with Gasteiger partial charge in [0.05, 0.1) is 13.2 Å². The van der Waals surface area contributed by atoms with E-state index >= 15 is 0 Å². The molecule has 0 aromatic carbocycles. The normalized spacial score (nSPS) is 28.9. The molecule has 3 nitrogen and oxygen atoms in total. The second-order valence-corrected chi connectivity index (χ2v) is 3.93. The Morgan fingerprint density at radius 1 is 1.43 bits per heavy atom. The molecule has 2 rings (SSSR count). The predicted octanol–water partition coefficient (Wildman–Crippen LogP) is 1.67. The number of Topliss-reactive ketones (excluding diaryl/α,β-unsaturated/α-hetero) is 1. The molecule has 0 bridgehead atoms. The summed E-state index contributed by atoms with van der Waals surface area (Å²) in [7, 11) is 0. The molecule has 2 aliphatic rings. The molecule has 0 saturated carbocycles. The minimum Gasteiger partial charge on any atom is -0.346 e. The first-order valence-corrected chi connectivity index (χ1v) is 5.20. The molecule has 1 atom stereocenters. The maximum Gasteiger partial charge on any atom is 0.179 e. The largest absolute Gasteiger partial charge is 0.346 e. The molecule has 1 fully saturated rings. The van der Waals surface area contributed by atoms with Crippen molar-refractivity contribution in [3.63, 3.8) is 0 Å². The van der Waals surface area contributed by atoms with Crippen molar-refractivity contribution in [3.8, 4) is 0 Å². The Morgan fingerprint density at radius 3 is 2.64 bits per heavy atom. The van der Waals surface area contributed by atoms with Crippen LogP contribution in [0.15, 0.2) is 11.6 Å². The molecular formula is C11H16O3. The van der Waals surface area contributed by atoms with Crippen molar-refractivity contribution in [1.29, 1.82) is 0 Å². The van der Waals surface area contributed by atoms with Crippen LogP contribution in [0.2, 0.25) is 0 Å². The first-order chi connectivity index (χ1) is 6.77. The van der Waals surface area contributed by atoms with Crippen LogP contribution in [-0.4, -0.2) is 25.3 Å². The highest BCUT2D eigenvalue weighted by Gasteiger charge is 2.25. The highest BCUT2D eigenvalue weighted by Crippen LogP contribution is 2.28. The van der Waals surface area contributed by atoms with Gasteiger partial charge in [0.25, 0.3) is 0 Å². The third-order valence-electron chi connectivity index (χ3n) is 2.95. The number of carbonyl (C=O) groups excluding carboxylic acids is 1. The Balaban J connectivity index is 1.93. The summed E-state index contributed by atoms with van der Waals surface area (Å²) in [6.07, 6.45) is 4.74. The topological polar surface area (TPSA) is 35.5 Å². The number of allylic oxidation sites excluding steroid dienone is 1. The van der Waals surface area contributed by atoms with Crippen molar-refractivity contribution in [1.82, 2.24) is 0 Å². The molecule has 1 saturated heterocycles. The van der Waals surface area contributed by atoms with Gasteiger partial charge in [0.15, 0.2) is 6.29 Å². The second-order valence-electron chi connectivity index (χ2n) is 3.93. The van der Waals surface area contributed by atoms with Crippen molar-refractivity contribution in [2.45, 2.75) is 32.5 Å². The first-order valence-electron chi connectivity index (χ1n) is 5.20. The summed E-state index contributed by atoms with van der Waals surface area (Å²) < 4.78 is 10.8. The van der Waals surface area contributed by atoms with Crippen LogP contribution >= 0.6 is 0 Å². The van der Waals surface area contributed by atoms with Crippen LogP contribution < -0.4 is 0 Å². The predicted molar refractivity (Wildman–Crippen MR) is 51.8 cm³/mol. The van der Waals surface area contributed by atoms with Crippen molar-refractivity contribution in [2.75, 3.05) is 13.2 Å². The summed E-state index contributed by atoms with van der Waals surface area (Å²) >= 11 is 0. The maximum absolute atomic E-state index is 11.1. The molecule has 0 aromatic heterocycles. The van der Waals surface area contributed by atoms with E-state index < -0.39 is 0 Å². The van der Waals surface area contributed by atoms with E-state index in [0.29, 0.717) is 19.0 Å². The van der Waals surface area contributed by atoms with Gasteiger partial charge in [-0.2, -0.15) is 0 Å². The molecule has 0 radical (unpaired) electrons. The van der Waals surface area contributed by atoms with Crippen molar-refractivity contribution in [2.24, 2.45) is 5.92 Å². The van der Waals surface area contributed by atoms with E-state index in [-0.39, 0.29) is 12.2 Å². The molecule has 1 aliphatic heterocycles. The van der Waals surface area contributed by atoms with Crippen LogP contribution in [0.3, 0.4) is 0 Å². The third kappa shape index (κ3) is 2.04. The van der Waals surface area contributed by atoms with Gasteiger partial charge in [-0.3, -0.25) is 4.79 Å². The van der Waals surface area contributed by atoms with E-state index in [9.17, 15) is 4.79 Å². The fourth-order valence-corrected chi connectivity index (χ4v) is 2.01. The van der Waals surface area contributed by atoms with Crippen molar-refractivity contribution >= 4 is 5.78 Å². The number of hydrogen-bond acceptors (Lipinski definition) is 3. The van der Waals surface area contributed by atoms with Gasteiger partial charge in [-0.05, 0) is 31.8 Å². The van der Waals surface area contributed by atoms with E-state index in [0.717, 1.165) is 19.3 Å². The van der Waals surface area contributed by atoms with Crippen LogP contribution in [0.1, 0.15) is 26.2 Å². The van der Waals surface area contributed by atoms with Gasteiger partial charge in [-0.25, -0.2) is 0 Å². The van der Waals surface area contributed by atoms with Gasteiger partial charge in [0.1, 0.15) is 5.78 Å². The minimum atomic E-state index is -0.122. The zero-order valence-electron chi connectivity index (χ0n) is 8.49. The molecule has 0 spiro atoms. The zero-order valence-corrected chi connectivity index (χ0v) is 8.49. The monoisotopic (exact) mass is 196 g/mol. The first kappa shape index (κ1) is 9.87. The molecule has 0 aromatic rings. The highest BCUT2D eigenvalue weighted by atomic mass is 16.7. The molecular weight excluding hydrogens is 180 g/mol. The van der Waals surface area contributed by atoms with Crippen LogP contribution in [0.25, 0.3) is 0 Å². The van der Waals surface area contributed by atoms with E-state index in [2.05, 4.69) is 6.08 Å². The lowest BCUT2D eigenvalue weighted by molar-refractivity contribution is -0.121. The minimum absolute atomic E-state index is 0.122. The molecule has 0 N–H and O–H groups in total. The lowest BCUT2D eigenvalue weighted by Crippen LogP contribution is -2.19. The summed E-state index contributed by atoms with van der Waals surface area (Å²) in [6, 6.07) is 0. The summed E-state index contributed by atoms with van der Waals surface area (Å²) in [5.41, 5.74) is 1.22. The Kier molecular flexibility index (Phi) is 2.99. The van der Waals surface area contributed by atoms with Crippen LogP contribution in [0.5, 0.6) is 0 Å². The fraction of sp³-hybridized carbons (Fsp3) is 0.727. The van der Waals surface area contributed by atoms with Gasteiger partial charge in [-0.15, -0.1) is 0 Å². The SMILES string of the molecule is CC(=O)[C@@H]1CC=C(C2OCCO2)CC1. The van der Waals surface area contributed by atoms with Crippen LogP contribution in [0, 0.1) is 5.92 Å². The fourth-order valence-electron chi connectivity index (χ4n) is 2.01. The number of ether oxygens (including phenoxy) is 2. The Hall–Kier alpha value is -0.670. The number of hydrogen-bond donors (Lipinski definition) is 0. The maximum atomic E-state index is 11.1. The Bertz CT molecular complexity index is 251. The summed E-state index contributed by atoms with van der Waals surface area (Å²) in [5, 5.41) is 0. The average Bonchev–Trinajstić information content (AvgIpc) is 2.71. The van der Waals surface area contributed by atoms with E-state index in [1.54, 1.807) is 6.92 Å². The molecule has 78 valence electrons. The zero-order chi connectivity index (χ0) is 9.97. The number of rotatable bonds is 2. The summed E-state index contributed by atoms with van der Waals surface area (Å²) in [6.45, 7) is 3.06. The van der Waals surface area contributed by atoms with Gasteiger partial charge in [0, 0.05) is 5.92 Å². The molecule has 3 heteroatoms. The van der Waals surface area contributed by atoms with Gasteiger partial charge < -0.3 is 9.47 Å². The van der Waals surface area contributed by atoms with Crippen molar-refractivity contribution in [3.05, 3.63) is 11.6 Å². The summed E-state index contributed by atoms with van der Waals surface area (Å²) in [4.78, 5) is 11.1. The average molecular weight is 196 g/mol. The Labute approximate surface area is 84.1 Å². The Morgan fingerprint density at radius 2 is 2.14 bits per heavy atom. The molecule has 14 heavy (non-hydrogen) atoms. The van der Waals surface area contributed by atoms with Crippen LogP contribution in [-0.2, 0) is 14.3 Å². The highest BCUT2D eigenvalue weighted by molar-refractivity contribution is 5.78. The molecule has 1 aliphatic carbocycles. The van der Waals surface area contributed by atoms with E-state index in [1.807, 2.05) is 0 Å². The molecule has 0 unspecified atom stereocenters. The number of ketones is 1. The second kappa shape index (κ2) is 4.24. The standard InChI is InChI=1S/C11H16O3/c1-8(12)9-2-4-10(5-3-9)11-13-6-7-14-11/h4,9,11H,2-3,5-7H2,1H3/t9-/m1/s1. The lowest BCUT2D eigenvalue weighted by Gasteiger charge is -2.22. The van der Waals surface area contributed by atoms with E-state index in [4.69, 9.17) is 9.47 Å². The lowest BCUT2D eigenvalue weighted by atomic mass is 9.87. The third-order valence-corrected chi connectivity index (χ3v) is 2.95. The van der Waals surface area contributed by atoms with Gasteiger partial charge in [-0.1, -0.05) is 6.08 Å². The molecule has 1 heterocycles. The van der Waals surface area contributed by atoms with Crippen LogP contribution in [0.4, 0.5) is 0 Å². The van der Waals surface area contributed by atoms with Gasteiger partial charge in [0.2, 0.25) is 0 Å². The quantitative estimate of drug-likeness (QED) is 0.630. The van der Waals surface area contributed by atoms with E-state index in [1.165, 1.54) is 5.57 Å². The number of carbonyl (C=O) groups is 1. The smallest absolute Gasteiger partial charge is 0.179 e. The molecule has 0 amide bonds. The van der Waals surface area contributed by atoms with Gasteiger partial charge >= 0.3 is 0 Å². The summed E-state index contributed by atoms with van der Waals surface area (Å²) in [5.74, 6) is 0.522.